The van der Waals surface area contributed by atoms with Gasteiger partial charge in [0.1, 0.15) is 0 Å². The maximum Gasteiger partial charge on any atom is 0.335 e. The second kappa shape index (κ2) is 7.04. The molecule has 0 bridgehead atoms. The van der Waals surface area contributed by atoms with Crippen molar-refractivity contribution in [2.75, 3.05) is 12.4 Å². The Kier molecular flexibility index (Phi) is 5.11. The molecule has 112 valence electrons. The summed E-state index contributed by atoms with van der Waals surface area (Å²) in [7, 11) is 1.54. The van der Waals surface area contributed by atoms with E-state index in [-0.39, 0.29) is 17.4 Å². The average molecular weight is 289 g/mol. The Hall–Kier alpha value is -2.14. The number of hydrogen-bond acceptors (Lipinski definition) is 3. The first kappa shape index (κ1) is 15.3. The van der Waals surface area contributed by atoms with E-state index >= 15 is 0 Å². The fourth-order valence-corrected chi connectivity index (χ4v) is 2.41. The van der Waals surface area contributed by atoms with E-state index in [1.165, 1.54) is 6.07 Å². The Labute approximate surface area is 123 Å². The van der Waals surface area contributed by atoms with E-state index < -0.39 is 5.97 Å². The fourth-order valence-electron chi connectivity index (χ4n) is 2.41. The van der Waals surface area contributed by atoms with E-state index in [1.807, 2.05) is 6.08 Å². The molecule has 0 saturated heterocycles. The van der Waals surface area contributed by atoms with Crippen LogP contribution in [-0.2, 0) is 16.1 Å². The lowest BCUT2D eigenvalue weighted by molar-refractivity contribution is -0.120. The van der Waals surface area contributed by atoms with Gasteiger partial charge >= 0.3 is 5.97 Å². The number of aromatic carboxylic acids is 1. The molecule has 0 fully saturated rings. The first-order valence-corrected chi connectivity index (χ1v) is 6.92. The molecule has 1 atom stereocenters. The summed E-state index contributed by atoms with van der Waals surface area (Å²) < 4.78 is 5.02. The second-order valence-electron chi connectivity index (χ2n) is 5.13. The zero-order valence-electron chi connectivity index (χ0n) is 12.0. The van der Waals surface area contributed by atoms with Crippen LogP contribution in [0.2, 0.25) is 0 Å². The first-order chi connectivity index (χ1) is 10.1. The van der Waals surface area contributed by atoms with Gasteiger partial charge in [-0.1, -0.05) is 12.2 Å². The molecule has 0 heterocycles. The predicted molar refractivity (Wildman–Crippen MR) is 79.2 cm³/mol. The topological polar surface area (TPSA) is 75.6 Å². The lowest BCUT2D eigenvalue weighted by Gasteiger charge is -2.17. The van der Waals surface area contributed by atoms with Crippen LogP contribution in [0.5, 0.6) is 0 Å². The number of carboxylic acids is 1. The number of ether oxygens (including phenoxy) is 1. The number of hydrogen-bond donors (Lipinski definition) is 2. The lowest BCUT2D eigenvalue weighted by atomic mass is 9.93. The van der Waals surface area contributed by atoms with Gasteiger partial charge in [-0.15, -0.1) is 0 Å². The zero-order valence-corrected chi connectivity index (χ0v) is 12.0. The molecular weight excluding hydrogens is 270 g/mol. The minimum Gasteiger partial charge on any atom is -0.478 e. The van der Waals surface area contributed by atoms with Crippen LogP contribution in [0.3, 0.4) is 0 Å². The molecule has 1 aliphatic carbocycles. The maximum atomic E-state index is 12.2. The van der Waals surface area contributed by atoms with E-state index in [0.717, 1.165) is 24.8 Å². The van der Waals surface area contributed by atoms with Crippen LogP contribution in [-0.4, -0.2) is 24.1 Å². The number of methoxy groups -OCH3 is 1. The number of nitrogens with one attached hydrogen (secondary N) is 1. The third-order valence-electron chi connectivity index (χ3n) is 3.46. The normalized spacial score (nSPS) is 17.5. The SMILES string of the molecule is COCc1cc(NC(=O)C2CC=CCC2)cc(C(=O)O)c1. The van der Waals surface area contributed by atoms with Crippen molar-refractivity contribution >= 4 is 17.6 Å². The van der Waals surface area contributed by atoms with Gasteiger partial charge in [0.25, 0.3) is 0 Å². The Morgan fingerprint density at radius 3 is 2.76 bits per heavy atom. The Bertz CT molecular complexity index is 565. The van der Waals surface area contributed by atoms with E-state index in [0.29, 0.717) is 12.3 Å². The highest BCUT2D eigenvalue weighted by Crippen LogP contribution is 2.22. The summed E-state index contributed by atoms with van der Waals surface area (Å²) in [4.78, 5) is 23.3. The van der Waals surface area contributed by atoms with Crippen molar-refractivity contribution in [3.05, 3.63) is 41.5 Å². The standard InChI is InChI=1S/C16H19NO4/c1-21-10-11-7-13(16(19)20)9-14(8-11)17-15(18)12-5-3-2-4-6-12/h2-3,7-9,12H,4-6,10H2,1H3,(H,17,18)(H,19,20). The molecular formula is C16H19NO4. The number of carboxylic acid groups (broad SMARTS) is 1. The maximum absolute atomic E-state index is 12.2. The van der Waals surface area contributed by atoms with Gasteiger partial charge in [0.15, 0.2) is 0 Å². The highest BCUT2D eigenvalue weighted by molar-refractivity contribution is 5.95. The zero-order chi connectivity index (χ0) is 15.2. The first-order valence-electron chi connectivity index (χ1n) is 6.92. The number of anilines is 1. The predicted octanol–water partition coefficient (Wildman–Crippen LogP) is 2.83. The molecule has 1 amide bonds. The van der Waals surface area contributed by atoms with Crippen LogP contribution in [0, 0.1) is 5.92 Å². The largest absolute Gasteiger partial charge is 0.478 e. The van der Waals surface area contributed by atoms with Crippen molar-refractivity contribution in [2.45, 2.75) is 25.9 Å². The summed E-state index contributed by atoms with van der Waals surface area (Å²) >= 11 is 0. The molecule has 5 nitrogen and oxygen atoms in total. The number of carbonyl (C=O) groups is 2. The molecule has 0 saturated carbocycles. The number of allylic oxidation sites excluding steroid dienone is 2. The molecule has 1 aliphatic rings. The highest BCUT2D eigenvalue weighted by atomic mass is 16.5. The molecule has 0 radical (unpaired) electrons. The minimum atomic E-state index is -1.02. The van der Waals surface area contributed by atoms with Gasteiger partial charge in [0.05, 0.1) is 12.2 Å². The van der Waals surface area contributed by atoms with Gasteiger partial charge in [0, 0.05) is 18.7 Å². The van der Waals surface area contributed by atoms with Crippen LogP contribution in [0.4, 0.5) is 5.69 Å². The minimum absolute atomic E-state index is 0.0469. The fraction of sp³-hybridized carbons (Fsp3) is 0.375. The highest BCUT2D eigenvalue weighted by Gasteiger charge is 2.19. The van der Waals surface area contributed by atoms with Crippen LogP contribution < -0.4 is 5.32 Å². The van der Waals surface area contributed by atoms with Gasteiger partial charge < -0.3 is 15.2 Å². The quantitative estimate of drug-likeness (QED) is 0.817. The molecule has 0 spiro atoms. The summed E-state index contributed by atoms with van der Waals surface area (Å²) in [5.41, 5.74) is 1.36. The molecule has 5 heteroatoms. The van der Waals surface area contributed by atoms with E-state index in [4.69, 9.17) is 9.84 Å². The smallest absolute Gasteiger partial charge is 0.335 e. The van der Waals surface area contributed by atoms with Crippen LogP contribution in [0.15, 0.2) is 30.4 Å². The third kappa shape index (κ3) is 4.16. The number of rotatable bonds is 5. The molecule has 0 aromatic heterocycles. The van der Waals surface area contributed by atoms with Gasteiger partial charge in [-0.3, -0.25) is 4.79 Å². The summed E-state index contributed by atoms with van der Waals surface area (Å²) in [6.45, 7) is 0.302. The van der Waals surface area contributed by atoms with Gasteiger partial charge in [-0.2, -0.15) is 0 Å². The molecule has 2 N–H and O–H groups in total. The molecule has 0 aliphatic heterocycles. The van der Waals surface area contributed by atoms with Crippen molar-refractivity contribution in [2.24, 2.45) is 5.92 Å². The van der Waals surface area contributed by atoms with Crippen molar-refractivity contribution in [1.82, 2.24) is 0 Å². The summed E-state index contributed by atoms with van der Waals surface area (Å²) in [5, 5.41) is 11.9. The number of amides is 1. The number of carbonyl (C=O) groups excluding carboxylic acids is 1. The molecule has 1 aromatic rings. The molecule has 1 aromatic carbocycles. The molecule has 21 heavy (non-hydrogen) atoms. The summed E-state index contributed by atoms with van der Waals surface area (Å²) in [5.74, 6) is -1.14. The molecule has 1 unspecified atom stereocenters. The monoisotopic (exact) mass is 289 g/mol. The van der Waals surface area contributed by atoms with E-state index in [2.05, 4.69) is 11.4 Å². The van der Waals surface area contributed by atoms with E-state index in [1.54, 1.807) is 19.2 Å². The molecule has 2 rings (SSSR count). The third-order valence-corrected chi connectivity index (χ3v) is 3.46. The summed E-state index contributed by atoms with van der Waals surface area (Å²) in [6.07, 6.45) is 6.55. The van der Waals surface area contributed by atoms with E-state index in [9.17, 15) is 9.59 Å². The van der Waals surface area contributed by atoms with Crippen molar-refractivity contribution in [3.8, 4) is 0 Å². The van der Waals surface area contributed by atoms with Crippen molar-refractivity contribution in [3.63, 3.8) is 0 Å². The summed E-state index contributed by atoms with van der Waals surface area (Å²) in [6, 6.07) is 4.76. The Morgan fingerprint density at radius 1 is 1.33 bits per heavy atom. The van der Waals surface area contributed by atoms with Crippen LogP contribution in [0.25, 0.3) is 0 Å². The van der Waals surface area contributed by atoms with Crippen LogP contribution >= 0.6 is 0 Å². The number of benzene rings is 1. The lowest BCUT2D eigenvalue weighted by Crippen LogP contribution is -2.23. The Balaban J connectivity index is 2.15. The Morgan fingerprint density at radius 2 is 2.14 bits per heavy atom. The van der Waals surface area contributed by atoms with Gasteiger partial charge in [-0.25, -0.2) is 4.79 Å². The van der Waals surface area contributed by atoms with Gasteiger partial charge in [0.2, 0.25) is 5.91 Å². The van der Waals surface area contributed by atoms with Crippen LogP contribution in [0.1, 0.15) is 35.2 Å². The van der Waals surface area contributed by atoms with Gasteiger partial charge in [-0.05, 0) is 43.0 Å². The second-order valence-corrected chi connectivity index (χ2v) is 5.13. The van der Waals surface area contributed by atoms with Crippen molar-refractivity contribution < 1.29 is 19.4 Å². The van der Waals surface area contributed by atoms with Crippen molar-refractivity contribution in [1.29, 1.82) is 0 Å². The average Bonchev–Trinajstić information content (AvgIpc) is 2.48.